The number of carboxylic acids is 1. The lowest BCUT2D eigenvalue weighted by Crippen LogP contribution is -2.60. The van der Waals surface area contributed by atoms with Crippen molar-refractivity contribution in [3.05, 3.63) is 64.2 Å². The highest BCUT2D eigenvalue weighted by Crippen LogP contribution is 2.23. The van der Waals surface area contributed by atoms with Crippen molar-refractivity contribution in [2.45, 2.75) is 37.3 Å². The summed E-state index contributed by atoms with van der Waals surface area (Å²) in [5, 5.41) is 51.2. The molecular weight excluding hydrogens is 488 g/mol. The van der Waals surface area contributed by atoms with Crippen molar-refractivity contribution < 1.29 is 58.7 Å². The number of nitro groups is 1. The summed E-state index contributed by atoms with van der Waals surface area (Å²) >= 11 is 0. The van der Waals surface area contributed by atoms with Gasteiger partial charge in [0.15, 0.2) is 6.10 Å². The van der Waals surface area contributed by atoms with E-state index < -0.39 is 53.8 Å². The molecule has 1 aliphatic heterocycles. The Morgan fingerprint density at radius 2 is 1.61 bits per heavy atom. The second-order valence-electron chi connectivity index (χ2n) is 7.35. The van der Waals surface area contributed by atoms with Crippen LogP contribution < -0.4 is 10.1 Å². The van der Waals surface area contributed by atoms with Crippen LogP contribution in [0, 0.1) is 10.1 Å². The first-order valence-electron chi connectivity index (χ1n) is 10.1. The fraction of sp³-hybridized carbons (Fsp3) is 0.286. The largest absolute Gasteiger partial charge is 0.514 e. The molecular formula is C21H20N2O13. The molecule has 1 saturated heterocycles. The highest BCUT2D eigenvalue weighted by atomic mass is 16.7. The van der Waals surface area contributed by atoms with E-state index in [1.54, 1.807) is 0 Å². The molecule has 2 aromatic carbocycles. The second kappa shape index (κ2) is 11.4. The molecule has 0 spiro atoms. The van der Waals surface area contributed by atoms with Gasteiger partial charge in [-0.3, -0.25) is 15.4 Å². The summed E-state index contributed by atoms with van der Waals surface area (Å²) in [7, 11) is 0. The van der Waals surface area contributed by atoms with Gasteiger partial charge in [0.2, 0.25) is 6.29 Å². The quantitative estimate of drug-likeness (QED) is 0.151. The predicted octanol–water partition coefficient (Wildman–Crippen LogP) is 0.751. The Morgan fingerprint density at radius 1 is 0.972 bits per heavy atom. The number of aliphatic hydroxyl groups excluding tert-OH is 3. The average Bonchev–Trinajstić information content (AvgIpc) is 2.84. The van der Waals surface area contributed by atoms with E-state index in [1.165, 1.54) is 36.4 Å². The number of benzene rings is 2. The van der Waals surface area contributed by atoms with Gasteiger partial charge in [-0.15, -0.1) is 0 Å². The van der Waals surface area contributed by atoms with Crippen molar-refractivity contribution in [1.82, 2.24) is 0 Å². The van der Waals surface area contributed by atoms with Crippen molar-refractivity contribution in [1.29, 1.82) is 0 Å². The number of carbonyl (C=O) groups excluding carboxylic acids is 2. The zero-order chi connectivity index (χ0) is 26.4. The van der Waals surface area contributed by atoms with Gasteiger partial charge in [-0.25, -0.2) is 14.4 Å². The van der Waals surface area contributed by atoms with Crippen molar-refractivity contribution in [2.75, 3.05) is 5.32 Å². The number of non-ortho nitro benzene ring substituents is 1. The number of hydrogen-bond acceptors (Lipinski definition) is 12. The molecule has 15 nitrogen and oxygen atoms in total. The minimum atomic E-state index is -1.93. The summed E-state index contributed by atoms with van der Waals surface area (Å²) in [6.45, 7) is -0.199. The summed E-state index contributed by atoms with van der Waals surface area (Å²) in [6.07, 6.45) is -11.7. The van der Waals surface area contributed by atoms with Gasteiger partial charge in [0, 0.05) is 17.8 Å². The van der Waals surface area contributed by atoms with Gasteiger partial charge < -0.3 is 39.4 Å². The van der Waals surface area contributed by atoms with Crippen LogP contribution in [0.3, 0.4) is 0 Å². The summed E-state index contributed by atoms with van der Waals surface area (Å²) in [5.74, 6) is -1.58. The summed E-state index contributed by atoms with van der Waals surface area (Å²) in [5.41, 5.74) is 0.538. The molecule has 0 aromatic heterocycles. The van der Waals surface area contributed by atoms with Gasteiger partial charge >= 0.3 is 18.2 Å². The second-order valence-corrected chi connectivity index (χ2v) is 7.35. The maximum absolute atomic E-state index is 12.1. The average molecular weight is 508 g/mol. The van der Waals surface area contributed by atoms with Crippen LogP contribution in [0.15, 0.2) is 48.5 Å². The van der Waals surface area contributed by atoms with E-state index in [2.05, 4.69) is 5.32 Å². The molecule has 2 aromatic rings. The molecule has 0 bridgehead atoms. The number of rotatable bonds is 7. The van der Waals surface area contributed by atoms with E-state index in [0.29, 0.717) is 5.56 Å². The lowest BCUT2D eigenvalue weighted by atomic mass is 9.99. The lowest BCUT2D eigenvalue weighted by molar-refractivity contribution is -0.384. The fourth-order valence-corrected chi connectivity index (χ4v) is 2.99. The van der Waals surface area contributed by atoms with Crippen molar-refractivity contribution in [3.63, 3.8) is 0 Å². The number of carbonyl (C=O) groups is 3. The standard InChI is InChI=1S/C21H20N2O13/c24-14-15(25)17(18(27)28)35-19(16(14)26)36-20(29)22-11-3-1-10(2-4-11)9-33-21(30)34-13-7-5-12(6-8-13)23(31)32/h1-8,14-17,19,24-26H,9H2,(H,22,29)(H,27,28). The number of nitrogens with zero attached hydrogens (tertiary/aromatic N) is 1. The van der Waals surface area contributed by atoms with Crippen LogP contribution in [0.4, 0.5) is 21.0 Å². The maximum atomic E-state index is 12.1. The van der Waals surface area contributed by atoms with Crippen molar-refractivity contribution >= 4 is 29.6 Å². The highest BCUT2D eigenvalue weighted by Gasteiger charge is 2.48. The Labute approximate surface area is 201 Å². The minimum Gasteiger partial charge on any atom is -0.479 e. The number of amides is 1. The van der Waals surface area contributed by atoms with Crippen LogP contribution in [0.25, 0.3) is 0 Å². The molecule has 1 amide bonds. The van der Waals surface area contributed by atoms with Crippen LogP contribution in [0.2, 0.25) is 0 Å². The van der Waals surface area contributed by atoms with Gasteiger partial charge in [0.05, 0.1) is 4.92 Å². The summed E-state index contributed by atoms with van der Waals surface area (Å²) in [6, 6.07) is 10.6. The van der Waals surface area contributed by atoms with Gasteiger partial charge in [0.1, 0.15) is 30.7 Å². The van der Waals surface area contributed by atoms with Crippen molar-refractivity contribution in [3.8, 4) is 5.75 Å². The smallest absolute Gasteiger partial charge is 0.479 e. The molecule has 1 heterocycles. The molecule has 1 aliphatic rings. The number of hydrogen-bond donors (Lipinski definition) is 5. The van der Waals surface area contributed by atoms with Crippen molar-refractivity contribution in [2.24, 2.45) is 0 Å². The number of ether oxygens (including phenoxy) is 4. The van der Waals surface area contributed by atoms with Crippen LogP contribution in [0.5, 0.6) is 5.75 Å². The minimum absolute atomic E-state index is 0.0485. The summed E-state index contributed by atoms with van der Waals surface area (Å²) in [4.78, 5) is 45.0. The Morgan fingerprint density at radius 3 is 2.19 bits per heavy atom. The van der Waals surface area contributed by atoms with Gasteiger partial charge in [-0.2, -0.15) is 0 Å². The van der Waals surface area contributed by atoms with Gasteiger partial charge in [0.25, 0.3) is 5.69 Å². The van der Waals surface area contributed by atoms with Crippen LogP contribution in [0.1, 0.15) is 5.56 Å². The predicted molar refractivity (Wildman–Crippen MR) is 115 cm³/mol. The van der Waals surface area contributed by atoms with Crippen LogP contribution >= 0.6 is 0 Å². The third-order valence-electron chi connectivity index (χ3n) is 4.84. The number of anilines is 1. The zero-order valence-corrected chi connectivity index (χ0v) is 18.1. The van der Waals surface area contributed by atoms with Crippen LogP contribution in [-0.4, -0.2) is 74.3 Å². The Kier molecular flexibility index (Phi) is 8.34. The van der Waals surface area contributed by atoms with Gasteiger partial charge in [-0.05, 0) is 29.8 Å². The maximum Gasteiger partial charge on any atom is 0.514 e. The van der Waals surface area contributed by atoms with E-state index >= 15 is 0 Å². The molecule has 0 aliphatic carbocycles. The number of aliphatic hydroxyl groups is 3. The summed E-state index contributed by atoms with van der Waals surface area (Å²) < 4.78 is 19.5. The third kappa shape index (κ3) is 6.63. The molecule has 5 atom stereocenters. The van der Waals surface area contributed by atoms with E-state index in [9.17, 15) is 39.8 Å². The number of carboxylic acid groups (broad SMARTS) is 1. The molecule has 1 fully saturated rings. The Bertz CT molecular complexity index is 1110. The molecule has 5 N–H and O–H groups in total. The first-order valence-corrected chi connectivity index (χ1v) is 10.1. The molecule has 3 rings (SSSR count). The zero-order valence-electron chi connectivity index (χ0n) is 18.1. The van der Waals surface area contributed by atoms with E-state index in [0.717, 1.165) is 12.1 Å². The highest BCUT2D eigenvalue weighted by molar-refractivity contribution is 5.84. The fourth-order valence-electron chi connectivity index (χ4n) is 2.99. The molecule has 36 heavy (non-hydrogen) atoms. The lowest BCUT2D eigenvalue weighted by Gasteiger charge is -2.37. The molecule has 5 unspecified atom stereocenters. The number of nitrogens with one attached hydrogen (secondary N) is 1. The van der Waals surface area contributed by atoms with E-state index in [4.69, 9.17) is 24.1 Å². The number of nitro benzene ring substituents is 1. The Balaban J connectivity index is 1.47. The Hall–Kier alpha value is -4.31. The first-order chi connectivity index (χ1) is 17.0. The van der Waals surface area contributed by atoms with E-state index in [-0.39, 0.29) is 23.7 Å². The molecule has 192 valence electrons. The normalized spacial score (nSPS) is 23.2. The molecule has 0 radical (unpaired) electrons. The third-order valence-corrected chi connectivity index (χ3v) is 4.84. The molecule has 15 heteroatoms. The van der Waals surface area contributed by atoms with Gasteiger partial charge in [-0.1, -0.05) is 12.1 Å². The first kappa shape index (κ1) is 26.3. The van der Waals surface area contributed by atoms with E-state index in [1.807, 2.05) is 0 Å². The van der Waals surface area contributed by atoms with Crippen LogP contribution in [-0.2, 0) is 25.6 Å². The monoisotopic (exact) mass is 508 g/mol. The topological polar surface area (TPSA) is 224 Å². The molecule has 0 saturated carbocycles. The SMILES string of the molecule is O=C(Nc1ccc(COC(=O)Oc2ccc([N+](=O)[O-])cc2)cc1)OC1OC(C(=O)O)C(O)C(O)C1O. The number of aliphatic carboxylic acids is 1.